The molecular weight excluding hydrogens is 375 g/mol. The quantitative estimate of drug-likeness (QED) is 0.570. The Kier molecular flexibility index (Phi) is 6.61. The Balaban J connectivity index is 1.36. The van der Waals surface area contributed by atoms with E-state index in [4.69, 9.17) is 0 Å². The van der Waals surface area contributed by atoms with Gasteiger partial charge in [0.25, 0.3) is 0 Å². The van der Waals surface area contributed by atoms with Crippen LogP contribution >= 0.6 is 34.4 Å². The van der Waals surface area contributed by atoms with Gasteiger partial charge in [0.1, 0.15) is 10.8 Å². The van der Waals surface area contributed by atoms with Gasteiger partial charge in [0.2, 0.25) is 5.91 Å². The van der Waals surface area contributed by atoms with Gasteiger partial charge in [-0.05, 0) is 23.1 Å². The number of nitrogens with zero attached hydrogens (tertiary/aromatic N) is 1. The number of carbonyl (C=O) groups is 1. The lowest BCUT2D eigenvalue weighted by molar-refractivity contribution is -0.120. The van der Waals surface area contributed by atoms with Crippen molar-refractivity contribution in [2.24, 2.45) is 0 Å². The molecule has 7 heteroatoms. The number of hydrogen-bond acceptors (Lipinski definition) is 5. The van der Waals surface area contributed by atoms with Crippen molar-refractivity contribution >= 4 is 40.3 Å². The van der Waals surface area contributed by atoms with Crippen molar-refractivity contribution in [2.75, 3.05) is 12.3 Å². The van der Waals surface area contributed by atoms with E-state index in [1.54, 1.807) is 46.6 Å². The molecule has 0 aliphatic carbocycles. The Bertz CT molecular complexity index is 817. The number of thiazole rings is 1. The molecule has 0 unspecified atom stereocenters. The molecule has 3 nitrogen and oxygen atoms in total. The molecule has 0 bridgehead atoms. The highest BCUT2D eigenvalue weighted by Crippen LogP contribution is 2.27. The zero-order chi connectivity index (χ0) is 17.5. The number of halogens is 1. The molecule has 2 heterocycles. The lowest BCUT2D eigenvalue weighted by Gasteiger charge is -2.05. The highest BCUT2D eigenvalue weighted by molar-refractivity contribution is 7.98. The van der Waals surface area contributed by atoms with Crippen LogP contribution in [0.4, 0.5) is 4.39 Å². The summed E-state index contributed by atoms with van der Waals surface area (Å²) in [6, 6.07) is 10.8. The number of amides is 1. The van der Waals surface area contributed by atoms with Crippen LogP contribution in [-0.2, 0) is 17.0 Å². The number of thiophene rings is 1. The van der Waals surface area contributed by atoms with Crippen molar-refractivity contribution in [3.63, 3.8) is 0 Å². The van der Waals surface area contributed by atoms with Crippen LogP contribution in [0.15, 0.2) is 47.2 Å². The first-order chi connectivity index (χ1) is 12.2. The van der Waals surface area contributed by atoms with Crippen molar-refractivity contribution in [1.29, 1.82) is 0 Å². The standard InChI is InChI=1S/C18H17FN2OS3/c19-15-5-2-1-4-13(15)11-23-9-7-20-17(22)10-14-12-25-18(21-14)16-6-3-8-24-16/h1-6,8,12H,7,9-11H2,(H,20,22). The van der Waals surface area contributed by atoms with Crippen LogP contribution in [0.1, 0.15) is 11.3 Å². The molecule has 2 aromatic heterocycles. The molecule has 130 valence electrons. The van der Waals surface area contributed by atoms with Gasteiger partial charge in [0, 0.05) is 23.4 Å². The first-order valence-electron chi connectivity index (χ1n) is 7.78. The summed E-state index contributed by atoms with van der Waals surface area (Å²) in [5.74, 6) is 1.15. The first kappa shape index (κ1) is 18.1. The molecule has 1 amide bonds. The molecular formula is C18H17FN2OS3. The van der Waals surface area contributed by atoms with Crippen molar-refractivity contribution < 1.29 is 9.18 Å². The van der Waals surface area contributed by atoms with Crippen LogP contribution in [0.3, 0.4) is 0 Å². The molecule has 1 N–H and O–H groups in total. The summed E-state index contributed by atoms with van der Waals surface area (Å²) in [7, 11) is 0. The van der Waals surface area contributed by atoms with Crippen LogP contribution in [0.25, 0.3) is 9.88 Å². The third-order valence-electron chi connectivity index (χ3n) is 3.41. The molecule has 0 aliphatic rings. The predicted octanol–water partition coefficient (Wildman–Crippen LogP) is 4.60. The molecule has 0 fully saturated rings. The van der Waals surface area contributed by atoms with Crippen LogP contribution in [-0.4, -0.2) is 23.2 Å². The number of thioether (sulfide) groups is 1. The molecule has 25 heavy (non-hydrogen) atoms. The van der Waals surface area contributed by atoms with Crippen LogP contribution in [0.5, 0.6) is 0 Å². The summed E-state index contributed by atoms with van der Waals surface area (Å²) in [5.41, 5.74) is 1.49. The zero-order valence-electron chi connectivity index (χ0n) is 13.4. The molecule has 0 saturated carbocycles. The van der Waals surface area contributed by atoms with Gasteiger partial charge in [-0.15, -0.1) is 22.7 Å². The summed E-state index contributed by atoms with van der Waals surface area (Å²) < 4.78 is 13.5. The Morgan fingerprint density at radius 3 is 2.88 bits per heavy atom. The molecule has 0 aliphatic heterocycles. The minimum Gasteiger partial charge on any atom is -0.355 e. The summed E-state index contributed by atoms with van der Waals surface area (Å²) in [5, 5.41) is 7.79. The zero-order valence-corrected chi connectivity index (χ0v) is 15.9. The Hall–Kier alpha value is -1.70. The lowest BCUT2D eigenvalue weighted by Crippen LogP contribution is -2.27. The smallest absolute Gasteiger partial charge is 0.226 e. The number of aromatic nitrogens is 1. The van der Waals surface area contributed by atoms with Crippen molar-refractivity contribution in [2.45, 2.75) is 12.2 Å². The van der Waals surface area contributed by atoms with E-state index in [1.807, 2.05) is 29.0 Å². The topological polar surface area (TPSA) is 42.0 Å². The highest BCUT2D eigenvalue weighted by Gasteiger charge is 2.09. The van der Waals surface area contributed by atoms with Crippen molar-refractivity contribution in [3.05, 3.63) is 64.2 Å². The number of nitrogens with one attached hydrogen (secondary N) is 1. The minimum atomic E-state index is -0.177. The molecule has 0 saturated heterocycles. The van der Waals surface area contributed by atoms with E-state index in [0.717, 1.165) is 21.3 Å². The maximum absolute atomic E-state index is 13.5. The van der Waals surface area contributed by atoms with E-state index < -0.39 is 0 Å². The summed E-state index contributed by atoms with van der Waals surface area (Å²) in [6.45, 7) is 0.569. The third kappa shape index (κ3) is 5.39. The average molecular weight is 393 g/mol. The maximum atomic E-state index is 13.5. The second-order valence-electron chi connectivity index (χ2n) is 5.29. The van der Waals surface area contributed by atoms with E-state index in [2.05, 4.69) is 10.3 Å². The second-order valence-corrected chi connectivity index (χ2v) is 8.20. The van der Waals surface area contributed by atoms with Gasteiger partial charge in [-0.2, -0.15) is 11.8 Å². The van der Waals surface area contributed by atoms with Crippen LogP contribution in [0, 0.1) is 5.82 Å². The molecule has 0 radical (unpaired) electrons. The van der Waals surface area contributed by atoms with Gasteiger partial charge in [-0.3, -0.25) is 4.79 Å². The summed E-state index contributed by atoms with van der Waals surface area (Å²) >= 11 is 4.81. The third-order valence-corrected chi connectivity index (χ3v) is 6.35. The SMILES string of the molecule is O=C(Cc1csc(-c2cccs2)n1)NCCSCc1ccccc1F. The fraction of sp³-hybridized carbons (Fsp3) is 0.222. The number of hydrogen-bond donors (Lipinski definition) is 1. The molecule has 3 rings (SSSR count). The van der Waals surface area contributed by atoms with Crippen LogP contribution < -0.4 is 5.32 Å². The van der Waals surface area contributed by atoms with Gasteiger partial charge in [-0.25, -0.2) is 9.37 Å². The van der Waals surface area contributed by atoms with E-state index in [1.165, 1.54) is 6.07 Å². The van der Waals surface area contributed by atoms with E-state index in [9.17, 15) is 9.18 Å². The van der Waals surface area contributed by atoms with E-state index in [-0.39, 0.29) is 11.7 Å². The van der Waals surface area contributed by atoms with Gasteiger partial charge in [0.05, 0.1) is 17.0 Å². The fourth-order valence-corrected chi connectivity index (χ4v) is 4.67. The number of rotatable bonds is 8. The van der Waals surface area contributed by atoms with Crippen molar-refractivity contribution in [3.8, 4) is 9.88 Å². The Labute approximate surface area is 158 Å². The van der Waals surface area contributed by atoms with Gasteiger partial charge >= 0.3 is 0 Å². The number of carbonyl (C=O) groups excluding carboxylic acids is 1. The van der Waals surface area contributed by atoms with Gasteiger partial charge < -0.3 is 5.32 Å². The van der Waals surface area contributed by atoms with Gasteiger partial charge in [-0.1, -0.05) is 24.3 Å². The summed E-state index contributed by atoms with van der Waals surface area (Å²) in [6.07, 6.45) is 0.292. The lowest BCUT2D eigenvalue weighted by atomic mass is 10.2. The second kappa shape index (κ2) is 9.12. The molecule has 3 aromatic rings. The van der Waals surface area contributed by atoms with Crippen LogP contribution in [0.2, 0.25) is 0 Å². The monoisotopic (exact) mass is 392 g/mol. The van der Waals surface area contributed by atoms with Gasteiger partial charge in [0.15, 0.2) is 0 Å². The Morgan fingerprint density at radius 2 is 2.08 bits per heavy atom. The minimum absolute atomic E-state index is 0.0329. The normalized spacial score (nSPS) is 10.8. The molecule has 1 aromatic carbocycles. The largest absolute Gasteiger partial charge is 0.355 e. The maximum Gasteiger partial charge on any atom is 0.226 e. The van der Waals surface area contributed by atoms with E-state index >= 15 is 0 Å². The highest BCUT2D eigenvalue weighted by atomic mass is 32.2. The van der Waals surface area contributed by atoms with E-state index in [0.29, 0.717) is 24.3 Å². The number of benzene rings is 1. The Morgan fingerprint density at radius 1 is 1.20 bits per heavy atom. The summed E-state index contributed by atoms with van der Waals surface area (Å²) in [4.78, 5) is 17.6. The predicted molar refractivity (Wildman–Crippen MR) is 105 cm³/mol. The first-order valence-corrected chi connectivity index (χ1v) is 10.7. The fourth-order valence-electron chi connectivity index (χ4n) is 2.19. The average Bonchev–Trinajstić information content (AvgIpc) is 3.27. The molecule has 0 atom stereocenters. The molecule has 0 spiro atoms. The van der Waals surface area contributed by atoms with Crippen molar-refractivity contribution in [1.82, 2.24) is 10.3 Å².